The van der Waals surface area contributed by atoms with Crippen molar-refractivity contribution in [3.05, 3.63) is 84.3 Å². The van der Waals surface area contributed by atoms with Crippen molar-refractivity contribution >= 4 is 56.3 Å². The van der Waals surface area contributed by atoms with E-state index in [2.05, 4.69) is 43.8 Å². The first-order chi connectivity index (χ1) is 17.9. The molecule has 5 rings (SSSR count). The lowest BCUT2D eigenvalue weighted by molar-refractivity contribution is 0.176. The summed E-state index contributed by atoms with van der Waals surface area (Å²) in [5.41, 5.74) is 2.79. The van der Waals surface area contributed by atoms with Crippen molar-refractivity contribution < 1.29 is 4.55 Å². The van der Waals surface area contributed by atoms with E-state index in [1.807, 2.05) is 20.8 Å². The maximum absolute atomic E-state index is 13.2. The monoisotopic (exact) mass is 636 g/mol. The van der Waals surface area contributed by atoms with Crippen molar-refractivity contribution in [2.75, 3.05) is 18.0 Å². The molecule has 1 spiro atoms. The largest absolute Gasteiger partial charge is 0.598 e. The third kappa shape index (κ3) is 5.16. The molecule has 1 aliphatic carbocycles. The zero-order valence-electron chi connectivity index (χ0n) is 21.9. The molecular weight excluding hydrogens is 607 g/mol. The van der Waals surface area contributed by atoms with E-state index in [9.17, 15) is 9.35 Å². The second-order valence-electron chi connectivity index (χ2n) is 11.2. The molecule has 1 aromatic heterocycles. The lowest BCUT2D eigenvalue weighted by Crippen LogP contribution is -2.50. The average molecular weight is 638 g/mol. The normalized spacial score (nSPS) is 19.6. The van der Waals surface area contributed by atoms with Gasteiger partial charge >= 0.3 is 0 Å². The van der Waals surface area contributed by atoms with Crippen molar-refractivity contribution in [1.29, 1.82) is 0 Å². The molecule has 1 fully saturated rings. The van der Waals surface area contributed by atoms with E-state index in [0.29, 0.717) is 27.4 Å². The van der Waals surface area contributed by atoms with Gasteiger partial charge in [0.05, 0.1) is 21.8 Å². The number of anilines is 1. The van der Waals surface area contributed by atoms with Crippen molar-refractivity contribution in [2.24, 2.45) is 5.41 Å². The maximum Gasteiger partial charge on any atom is 0.260 e. The van der Waals surface area contributed by atoms with Crippen LogP contribution >= 0.6 is 39.1 Å². The molecule has 38 heavy (non-hydrogen) atoms. The molecule has 202 valence electrons. The molecular formula is C28H31BrCl2N4O2S. The highest BCUT2D eigenvalue weighted by molar-refractivity contribution is 9.10. The Hall–Kier alpha value is -1.55. The lowest BCUT2D eigenvalue weighted by atomic mass is 9.73. The first-order valence-electron chi connectivity index (χ1n) is 12.7. The summed E-state index contributed by atoms with van der Waals surface area (Å²) in [4.78, 5) is 20.2. The fraction of sp³-hybridized carbons (Fsp3) is 0.429. The lowest BCUT2D eigenvalue weighted by Gasteiger charge is -2.44. The zero-order valence-corrected chi connectivity index (χ0v) is 25.8. The molecule has 6 nitrogen and oxygen atoms in total. The van der Waals surface area contributed by atoms with Crippen molar-refractivity contribution in [3.8, 4) is 5.69 Å². The number of nitrogens with zero attached hydrogens (tertiary/aromatic N) is 3. The fourth-order valence-electron chi connectivity index (χ4n) is 5.63. The maximum atomic E-state index is 13.2. The van der Waals surface area contributed by atoms with Crippen molar-refractivity contribution in [3.63, 3.8) is 0 Å². The summed E-state index contributed by atoms with van der Waals surface area (Å²) in [6, 6.07) is 13.2. The van der Waals surface area contributed by atoms with Gasteiger partial charge in [-0.15, -0.1) is 4.72 Å². The summed E-state index contributed by atoms with van der Waals surface area (Å²) in [7, 11) is 0. The number of halogens is 3. The topological polar surface area (TPSA) is 73.2 Å². The quantitative estimate of drug-likeness (QED) is 0.329. The van der Waals surface area contributed by atoms with Gasteiger partial charge in [-0.3, -0.25) is 9.36 Å². The van der Waals surface area contributed by atoms with Crippen molar-refractivity contribution in [2.45, 2.75) is 57.7 Å². The highest BCUT2D eigenvalue weighted by atomic mass is 79.9. The predicted molar refractivity (Wildman–Crippen MR) is 160 cm³/mol. The molecule has 1 unspecified atom stereocenters. The molecule has 10 heteroatoms. The molecule has 0 radical (unpaired) electrons. The minimum atomic E-state index is -1.20. The Morgan fingerprint density at radius 1 is 1.16 bits per heavy atom. The van der Waals surface area contributed by atoms with Crippen LogP contribution in [0.15, 0.2) is 51.7 Å². The van der Waals surface area contributed by atoms with Crippen LogP contribution in [0.1, 0.15) is 56.6 Å². The highest BCUT2D eigenvalue weighted by Gasteiger charge is 2.50. The van der Waals surface area contributed by atoms with Gasteiger partial charge in [-0.05, 0) is 82.3 Å². The van der Waals surface area contributed by atoms with Crippen LogP contribution in [0.25, 0.3) is 5.69 Å². The molecule has 1 N–H and O–H groups in total. The molecule has 0 amide bonds. The van der Waals surface area contributed by atoms with Gasteiger partial charge in [0.15, 0.2) is 0 Å². The molecule has 3 aromatic rings. The Balaban J connectivity index is 1.41. The van der Waals surface area contributed by atoms with Crippen molar-refractivity contribution in [1.82, 2.24) is 14.3 Å². The second-order valence-corrected chi connectivity index (χ2v) is 14.9. The van der Waals surface area contributed by atoms with Crippen LogP contribution < -0.4 is 15.2 Å². The first kappa shape index (κ1) is 28.0. The average Bonchev–Trinajstić information content (AvgIpc) is 3.13. The Bertz CT molecular complexity index is 1430. The number of aromatic nitrogens is 2. The standard InChI is InChI=1S/C28H31BrCl2N4O2S/c1-17-32-23(15-24(36)35(17)22-7-5-6-21(30)25(22)31)34-12-10-28(11-13-34)16-18-8-9-19(29)14-20(18)26(28)33-38(37)27(2,3)4/h5-9,14-15,26,33H,10-13,16H2,1-4H3/t26-,38?/m1/s1. The summed E-state index contributed by atoms with van der Waals surface area (Å²) < 4.78 is 18.9. The summed E-state index contributed by atoms with van der Waals surface area (Å²) in [6.45, 7) is 9.30. The third-order valence-electron chi connectivity index (χ3n) is 7.68. The number of rotatable bonds is 4. The number of fused-ring (bicyclic) bond motifs is 1. The van der Waals surface area contributed by atoms with Gasteiger partial charge in [0.1, 0.15) is 16.4 Å². The Kier molecular flexibility index (Phi) is 7.70. The number of hydrogen-bond donors (Lipinski definition) is 1. The van der Waals surface area contributed by atoms with Crippen LogP contribution in [0, 0.1) is 12.3 Å². The number of nitrogens with one attached hydrogen (secondary N) is 1. The molecule has 1 saturated heterocycles. The summed E-state index contributed by atoms with van der Waals surface area (Å²) in [5.74, 6) is 1.22. The van der Waals surface area contributed by atoms with Crippen LogP contribution in [0.3, 0.4) is 0 Å². The van der Waals surface area contributed by atoms with E-state index in [4.69, 9.17) is 28.2 Å². The van der Waals surface area contributed by atoms with Gasteiger partial charge in [-0.2, -0.15) is 0 Å². The van der Waals surface area contributed by atoms with E-state index >= 15 is 0 Å². The Labute approximate surface area is 245 Å². The molecule has 2 heterocycles. The van der Waals surface area contributed by atoms with Crippen LogP contribution in [0.2, 0.25) is 10.0 Å². The zero-order chi connectivity index (χ0) is 27.4. The first-order valence-corrected chi connectivity index (χ1v) is 15.4. The van der Waals surface area contributed by atoms with Crippen LogP contribution in [0.5, 0.6) is 0 Å². The van der Waals surface area contributed by atoms with Gasteiger partial charge in [0.25, 0.3) is 5.56 Å². The van der Waals surface area contributed by atoms with E-state index in [-0.39, 0.29) is 21.8 Å². The Morgan fingerprint density at radius 3 is 2.53 bits per heavy atom. The van der Waals surface area contributed by atoms with Gasteiger partial charge in [0, 0.05) is 40.4 Å². The minimum Gasteiger partial charge on any atom is -0.598 e. The number of aryl methyl sites for hydroxylation is 1. The number of piperidine rings is 1. The molecule has 0 bridgehead atoms. The van der Waals surface area contributed by atoms with Crippen LogP contribution in [-0.2, 0) is 17.8 Å². The second kappa shape index (κ2) is 10.5. The molecule has 2 aromatic carbocycles. The van der Waals surface area contributed by atoms with E-state index < -0.39 is 11.4 Å². The van der Waals surface area contributed by atoms with E-state index in [0.717, 1.165) is 36.8 Å². The van der Waals surface area contributed by atoms with Crippen LogP contribution in [-0.4, -0.2) is 31.9 Å². The third-order valence-corrected chi connectivity index (χ3v) is 10.5. The highest BCUT2D eigenvalue weighted by Crippen LogP contribution is 2.53. The van der Waals surface area contributed by atoms with Gasteiger partial charge < -0.3 is 9.45 Å². The van der Waals surface area contributed by atoms with E-state index in [1.54, 1.807) is 31.2 Å². The minimum absolute atomic E-state index is 0.00937. The molecule has 0 saturated carbocycles. The number of benzene rings is 2. The summed E-state index contributed by atoms with van der Waals surface area (Å²) in [6.07, 6.45) is 2.72. The predicted octanol–water partition coefficient (Wildman–Crippen LogP) is 6.55. The molecule has 1 aliphatic heterocycles. The SMILES string of the molecule is Cc1nc(N2CCC3(CC2)Cc2ccc(Br)cc2[C@H]3N[S+]([O-])C(C)(C)C)cc(=O)n1-c1cccc(Cl)c1Cl. The fourth-order valence-corrected chi connectivity index (χ4v) is 7.33. The molecule has 2 atom stereocenters. The Morgan fingerprint density at radius 2 is 1.87 bits per heavy atom. The summed E-state index contributed by atoms with van der Waals surface area (Å²) >= 11 is 15.0. The van der Waals surface area contributed by atoms with Crippen LogP contribution in [0.4, 0.5) is 5.82 Å². The van der Waals surface area contributed by atoms with Gasteiger partial charge in [-0.25, -0.2) is 4.98 Å². The smallest absolute Gasteiger partial charge is 0.260 e. The van der Waals surface area contributed by atoms with Gasteiger partial charge in [0.2, 0.25) is 0 Å². The molecule has 2 aliphatic rings. The number of hydrogen-bond acceptors (Lipinski definition) is 5. The summed E-state index contributed by atoms with van der Waals surface area (Å²) in [5, 5.41) is 0.716. The van der Waals surface area contributed by atoms with E-state index in [1.165, 1.54) is 15.7 Å². The van der Waals surface area contributed by atoms with Gasteiger partial charge in [-0.1, -0.05) is 51.3 Å².